The van der Waals surface area contributed by atoms with Crippen molar-refractivity contribution < 1.29 is 27.7 Å². The van der Waals surface area contributed by atoms with Crippen LogP contribution >= 0.6 is 32.1 Å². The first kappa shape index (κ1) is 25.3. The quantitative estimate of drug-likeness (QED) is 0.211. The molecule has 0 aromatic carbocycles. The topological polar surface area (TPSA) is 74.3 Å². The van der Waals surface area contributed by atoms with Gasteiger partial charge in [0.2, 0.25) is 5.88 Å². The standard InChI is InChI=1S/C20H31ClNO6PS/c1-13(2)26-29(24,27-14(3)4)28-18-16(30)10-12-22(18)17(19(23)25-6)15-9-7-8-11-20(15,5)21/h7-9,13-14,17,30H,10-12H2,1-6H3/t17-,20?/m0/s1. The second kappa shape index (κ2) is 10.1. The van der Waals surface area contributed by atoms with Gasteiger partial charge in [-0.1, -0.05) is 18.2 Å². The Kier molecular flexibility index (Phi) is 8.56. The Morgan fingerprint density at radius 3 is 2.37 bits per heavy atom. The van der Waals surface area contributed by atoms with E-state index in [1.807, 2.05) is 19.1 Å². The smallest absolute Gasteiger partial charge is 0.467 e. The first-order valence-electron chi connectivity index (χ1n) is 9.89. The van der Waals surface area contributed by atoms with E-state index < -0.39 is 36.9 Å². The molecular formula is C20H31ClNO6PS. The highest BCUT2D eigenvalue weighted by Gasteiger charge is 2.45. The van der Waals surface area contributed by atoms with Gasteiger partial charge in [0.1, 0.15) is 0 Å². The normalized spacial score (nSPS) is 23.3. The summed E-state index contributed by atoms with van der Waals surface area (Å²) in [6.07, 6.45) is 5.85. The van der Waals surface area contributed by atoms with Gasteiger partial charge in [0.15, 0.2) is 6.04 Å². The molecule has 0 radical (unpaired) electrons. The molecule has 1 unspecified atom stereocenters. The number of halogens is 1. The van der Waals surface area contributed by atoms with E-state index in [1.54, 1.807) is 38.7 Å². The maximum absolute atomic E-state index is 13.3. The van der Waals surface area contributed by atoms with E-state index in [4.69, 9.17) is 29.9 Å². The predicted molar refractivity (Wildman–Crippen MR) is 120 cm³/mol. The molecule has 1 aliphatic heterocycles. The number of hydrogen-bond donors (Lipinski definition) is 1. The third kappa shape index (κ3) is 6.07. The summed E-state index contributed by atoms with van der Waals surface area (Å²) >= 11 is 11.2. The van der Waals surface area contributed by atoms with Crippen LogP contribution < -0.4 is 0 Å². The monoisotopic (exact) mass is 479 g/mol. The molecule has 1 heterocycles. The van der Waals surface area contributed by atoms with Crippen LogP contribution in [0.3, 0.4) is 0 Å². The van der Waals surface area contributed by atoms with E-state index in [-0.39, 0.29) is 5.88 Å². The number of phosphoric ester groups is 1. The van der Waals surface area contributed by atoms with Crippen molar-refractivity contribution in [2.45, 2.75) is 70.6 Å². The number of rotatable bonds is 9. The number of esters is 1. The van der Waals surface area contributed by atoms with Crippen LogP contribution in [0.5, 0.6) is 0 Å². The molecule has 2 aliphatic rings. The average molecular weight is 480 g/mol. The minimum atomic E-state index is -3.97. The number of carbonyl (C=O) groups excluding carboxylic acids is 1. The zero-order chi connectivity index (χ0) is 22.7. The summed E-state index contributed by atoms with van der Waals surface area (Å²) in [7, 11) is -2.66. The van der Waals surface area contributed by atoms with Gasteiger partial charge in [0.25, 0.3) is 0 Å². The van der Waals surface area contributed by atoms with E-state index in [1.165, 1.54) is 7.11 Å². The van der Waals surface area contributed by atoms with Crippen LogP contribution in [-0.4, -0.2) is 47.6 Å². The third-order valence-corrected chi connectivity index (χ3v) is 7.06. The summed E-state index contributed by atoms with van der Waals surface area (Å²) in [5.74, 6) is -0.335. The maximum atomic E-state index is 13.3. The fraction of sp³-hybridized carbons (Fsp3) is 0.650. The number of ether oxygens (including phenoxy) is 1. The second-order valence-corrected chi connectivity index (χ2v) is 10.8. The van der Waals surface area contributed by atoms with Crippen molar-refractivity contribution in [3.63, 3.8) is 0 Å². The molecule has 0 bridgehead atoms. The van der Waals surface area contributed by atoms with Crippen molar-refractivity contribution >= 4 is 38.0 Å². The number of thiol groups is 1. The van der Waals surface area contributed by atoms with Crippen LogP contribution in [0.25, 0.3) is 0 Å². The maximum Gasteiger partial charge on any atom is 0.531 e. The SMILES string of the molecule is COC(=O)[C@H](C1=CC=CCC1(C)Cl)N1CCC(S)=C1OP(=O)(OC(C)C)OC(C)C. The summed E-state index contributed by atoms with van der Waals surface area (Å²) < 4.78 is 35.2. The lowest BCUT2D eigenvalue weighted by molar-refractivity contribution is -0.145. The number of methoxy groups -OCH3 is 1. The lowest BCUT2D eigenvalue weighted by Crippen LogP contribution is -2.46. The Labute approximate surface area is 189 Å². The highest BCUT2D eigenvalue weighted by atomic mass is 35.5. The van der Waals surface area contributed by atoms with Crippen molar-refractivity contribution in [2.24, 2.45) is 0 Å². The van der Waals surface area contributed by atoms with Gasteiger partial charge in [0, 0.05) is 17.9 Å². The molecule has 0 saturated carbocycles. The third-order valence-electron chi connectivity index (χ3n) is 4.52. The van der Waals surface area contributed by atoms with Crippen molar-refractivity contribution in [3.05, 3.63) is 34.6 Å². The second-order valence-electron chi connectivity index (χ2n) is 7.92. The Hall–Kier alpha value is -0.920. The first-order valence-corrected chi connectivity index (χ1v) is 12.2. The van der Waals surface area contributed by atoms with Gasteiger partial charge in [0.05, 0.1) is 24.2 Å². The molecule has 0 fully saturated rings. The molecule has 170 valence electrons. The molecule has 2 rings (SSSR count). The minimum Gasteiger partial charge on any atom is -0.467 e. The van der Waals surface area contributed by atoms with Crippen LogP contribution in [0, 0.1) is 0 Å². The first-order chi connectivity index (χ1) is 13.9. The van der Waals surface area contributed by atoms with Crippen LogP contribution in [0.2, 0.25) is 0 Å². The molecule has 10 heteroatoms. The van der Waals surface area contributed by atoms with E-state index in [0.717, 1.165) is 0 Å². The largest absolute Gasteiger partial charge is 0.531 e. The van der Waals surface area contributed by atoms with Crippen molar-refractivity contribution in [3.8, 4) is 0 Å². The minimum absolute atomic E-state index is 0.168. The van der Waals surface area contributed by atoms with Gasteiger partial charge >= 0.3 is 13.8 Å². The van der Waals surface area contributed by atoms with E-state index in [0.29, 0.717) is 29.9 Å². The Balaban J connectivity index is 2.45. The molecule has 30 heavy (non-hydrogen) atoms. The lowest BCUT2D eigenvalue weighted by atomic mass is 9.86. The molecule has 0 saturated heterocycles. The number of alkyl halides is 1. The van der Waals surface area contributed by atoms with Gasteiger partial charge in [-0.25, -0.2) is 9.36 Å². The van der Waals surface area contributed by atoms with Crippen LogP contribution in [0.1, 0.15) is 47.5 Å². The van der Waals surface area contributed by atoms with Gasteiger partial charge in [-0.2, -0.15) is 0 Å². The van der Waals surface area contributed by atoms with E-state index >= 15 is 0 Å². The molecule has 0 aromatic heterocycles. The van der Waals surface area contributed by atoms with Crippen LogP contribution in [-0.2, 0) is 27.7 Å². The molecule has 7 nitrogen and oxygen atoms in total. The summed E-state index contributed by atoms with van der Waals surface area (Å²) in [5, 5.41) is 0. The summed E-state index contributed by atoms with van der Waals surface area (Å²) in [6, 6.07) is -0.867. The number of carbonyl (C=O) groups is 1. The van der Waals surface area contributed by atoms with Crippen molar-refractivity contribution in [1.29, 1.82) is 0 Å². The Bertz CT molecular complexity index is 778. The average Bonchev–Trinajstić information content (AvgIpc) is 2.95. The molecular weight excluding hydrogens is 449 g/mol. The molecule has 0 amide bonds. The predicted octanol–water partition coefficient (Wildman–Crippen LogP) is 5.19. The van der Waals surface area contributed by atoms with Gasteiger partial charge < -0.3 is 14.2 Å². The zero-order valence-electron chi connectivity index (χ0n) is 18.3. The molecule has 0 aromatic rings. The number of allylic oxidation sites excluding steroid dienone is 3. The van der Waals surface area contributed by atoms with Crippen LogP contribution in [0.15, 0.2) is 34.6 Å². The summed E-state index contributed by atoms with van der Waals surface area (Å²) in [6.45, 7) is 9.19. The Morgan fingerprint density at radius 1 is 1.27 bits per heavy atom. The summed E-state index contributed by atoms with van der Waals surface area (Å²) in [4.78, 5) is 14.3. The highest BCUT2D eigenvalue weighted by Crippen LogP contribution is 2.55. The fourth-order valence-corrected chi connectivity index (χ4v) is 5.50. The number of phosphoric acid groups is 1. The van der Waals surface area contributed by atoms with Gasteiger partial charge in [-0.15, -0.1) is 24.2 Å². The van der Waals surface area contributed by atoms with Crippen LogP contribution in [0.4, 0.5) is 0 Å². The number of nitrogens with zero attached hydrogens (tertiary/aromatic N) is 1. The summed E-state index contributed by atoms with van der Waals surface area (Å²) in [5.41, 5.74) is 0.659. The van der Waals surface area contributed by atoms with Gasteiger partial charge in [-0.3, -0.25) is 9.05 Å². The van der Waals surface area contributed by atoms with Crippen molar-refractivity contribution in [1.82, 2.24) is 4.90 Å². The fourth-order valence-electron chi connectivity index (χ4n) is 3.30. The molecule has 0 spiro atoms. The number of hydrogen-bond acceptors (Lipinski definition) is 8. The lowest BCUT2D eigenvalue weighted by Gasteiger charge is -2.38. The zero-order valence-corrected chi connectivity index (χ0v) is 20.8. The van der Waals surface area contributed by atoms with E-state index in [2.05, 4.69) is 12.6 Å². The van der Waals surface area contributed by atoms with Gasteiger partial charge in [-0.05, 0) is 46.6 Å². The van der Waals surface area contributed by atoms with E-state index in [9.17, 15) is 9.36 Å². The highest BCUT2D eigenvalue weighted by molar-refractivity contribution is 7.84. The Morgan fingerprint density at radius 2 is 1.87 bits per heavy atom. The molecule has 2 atom stereocenters. The molecule has 1 aliphatic carbocycles. The molecule has 0 N–H and O–H groups in total. The van der Waals surface area contributed by atoms with Crippen molar-refractivity contribution in [2.75, 3.05) is 13.7 Å².